The molecule has 1 amide bonds. The maximum absolute atomic E-state index is 12.3. The Kier molecular flexibility index (Phi) is 4.05. The quantitative estimate of drug-likeness (QED) is 0.761. The molecular weight excluding hydrogens is 240 g/mol. The van der Waals surface area contributed by atoms with Gasteiger partial charge in [0, 0.05) is 18.5 Å². The van der Waals surface area contributed by atoms with Crippen molar-refractivity contribution >= 4 is 17.5 Å². The van der Waals surface area contributed by atoms with Crippen LogP contribution < -0.4 is 0 Å². The van der Waals surface area contributed by atoms with Gasteiger partial charge in [0.15, 0.2) is 6.39 Å². The molecule has 0 atom stereocenters. The number of hydrogen-bond donors (Lipinski definition) is 0. The van der Waals surface area contributed by atoms with Crippen LogP contribution in [-0.2, 0) is 0 Å². The molecule has 4 nitrogen and oxygen atoms in total. The summed E-state index contributed by atoms with van der Waals surface area (Å²) in [4.78, 5) is 18.2. The van der Waals surface area contributed by atoms with Crippen molar-refractivity contribution in [1.29, 1.82) is 0 Å². The monoisotopic (exact) mass is 256 g/mol. The SMILES string of the molecule is Cc1ncoc1C(=O)N(CCCCl)C1CCC1. The zero-order valence-electron chi connectivity index (χ0n) is 9.99. The van der Waals surface area contributed by atoms with Crippen LogP contribution in [0.2, 0.25) is 0 Å². The molecule has 0 aliphatic heterocycles. The van der Waals surface area contributed by atoms with Crippen molar-refractivity contribution in [1.82, 2.24) is 9.88 Å². The second kappa shape index (κ2) is 5.54. The molecule has 0 saturated heterocycles. The fourth-order valence-corrected chi connectivity index (χ4v) is 2.14. The summed E-state index contributed by atoms with van der Waals surface area (Å²) in [6, 6.07) is 0.357. The Bertz CT molecular complexity index is 388. The van der Waals surface area contributed by atoms with Gasteiger partial charge in [-0.05, 0) is 32.6 Å². The van der Waals surface area contributed by atoms with Crippen molar-refractivity contribution in [3.05, 3.63) is 17.8 Å². The van der Waals surface area contributed by atoms with E-state index in [1.54, 1.807) is 6.92 Å². The topological polar surface area (TPSA) is 46.3 Å². The van der Waals surface area contributed by atoms with Gasteiger partial charge in [0.25, 0.3) is 5.91 Å². The summed E-state index contributed by atoms with van der Waals surface area (Å²) < 4.78 is 5.17. The summed E-state index contributed by atoms with van der Waals surface area (Å²) in [6.07, 6.45) is 5.51. The molecule has 1 aliphatic rings. The van der Waals surface area contributed by atoms with E-state index in [0.29, 0.717) is 29.9 Å². The first-order valence-corrected chi connectivity index (χ1v) is 6.54. The van der Waals surface area contributed by atoms with Crippen LogP contribution in [0.25, 0.3) is 0 Å². The van der Waals surface area contributed by atoms with Crippen LogP contribution >= 0.6 is 11.6 Å². The third-order valence-electron chi connectivity index (χ3n) is 3.25. The molecule has 1 fully saturated rings. The number of aromatic nitrogens is 1. The second-order valence-electron chi connectivity index (χ2n) is 4.39. The van der Waals surface area contributed by atoms with E-state index in [9.17, 15) is 4.79 Å². The normalized spacial score (nSPS) is 15.6. The summed E-state index contributed by atoms with van der Waals surface area (Å²) in [5, 5.41) is 0. The number of alkyl halides is 1. The minimum Gasteiger partial charge on any atom is -0.438 e. The van der Waals surface area contributed by atoms with Crippen molar-refractivity contribution < 1.29 is 9.21 Å². The smallest absolute Gasteiger partial charge is 0.291 e. The zero-order valence-corrected chi connectivity index (χ0v) is 10.7. The molecule has 94 valence electrons. The Morgan fingerprint density at radius 1 is 1.65 bits per heavy atom. The van der Waals surface area contributed by atoms with Crippen LogP contribution in [0.15, 0.2) is 10.8 Å². The lowest BCUT2D eigenvalue weighted by Crippen LogP contribution is -2.45. The van der Waals surface area contributed by atoms with Gasteiger partial charge in [-0.15, -0.1) is 11.6 Å². The molecule has 17 heavy (non-hydrogen) atoms. The molecular formula is C12H17ClN2O2. The van der Waals surface area contributed by atoms with E-state index in [4.69, 9.17) is 16.0 Å². The average molecular weight is 257 g/mol. The standard InChI is InChI=1S/C12H17ClN2O2/c1-9-11(17-8-14-9)12(16)15(7-3-6-13)10-4-2-5-10/h8,10H,2-7H2,1H3. The first-order chi connectivity index (χ1) is 8.24. The van der Waals surface area contributed by atoms with Crippen LogP contribution in [0.3, 0.4) is 0 Å². The van der Waals surface area contributed by atoms with Crippen molar-refractivity contribution in [2.24, 2.45) is 0 Å². The Morgan fingerprint density at radius 2 is 2.41 bits per heavy atom. The van der Waals surface area contributed by atoms with Gasteiger partial charge in [-0.3, -0.25) is 4.79 Å². The van der Waals surface area contributed by atoms with Gasteiger partial charge in [0.05, 0.1) is 5.69 Å². The van der Waals surface area contributed by atoms with Gasteiger partial charge >= 0.3 is 0 Å². The average Bonchev–Trinajstić information content (AvgIpc) is 2.67. The van der Waals surface area contributed by atoms with Gasteiger partial charge in [0.2, 0.25) is 5.76 Å². The fourth-order valence-electron chi connectivity index (χ4n) is 2.02. The van der Waals surface area contributed by atoms with E-state index in [2.05, 4.69) is 4.98 Å². The molecule has 0 unspecified atom stereocenters. The number of carbonyl (C=O) groups is 1. The van der Waals surface area contributed by atoms with Crippen LogP contribution in [0.4, 0.5) is 0 Å². The van der Waals surface area contributed by atoms with Gasteiger partial charge in [-0.25, -0.2) is 4.98 Å². The summed E-state index contributed by atoms with van der Waals surface area (Å²) in [5.74, 6) is 0.896. The second-order valence-corrected chi connectivity index (χ2v) is 4.77. The summed E-state index contributed by atoms with van der Waals surface area (Å²) in [7, 11) is 0. The van der Waals surface area contributed by atoms with Crippen molar-refractivity contribution in [2.45, 2.75) is 38.6 Å². The molecule has 1 heterocycles. The molecule has 2 rings (SSSR count). The number of aryl methyl sites for hydroxylation is 1. The Morgan fingerprint density at radius 3 is 2.88 bits per heavy atom. The third-order valence-corrected chi connectivity index (χ3v) is 3.52. The van der Waals surface area contributed by atoms with Gasteiger partial charge in [-0.2, -0.15) is 0 Å². The lowest BCUT2D eigenvalue weighted by Gasteiger charge is -2.37. The highest BCUT2D eigenvalue weighted by atomic mass is 35.5. The number of carbonyl (C=O) groups excluding carboxylic acids is 1. The molecule has 1 aliphatic carbocycles. The number of halogens is 1. The highest BCUT2D eigenvalue weighted by Crippen LogP contribution is 2.26. The Hall–Kier alpha value is -1.03. The lowest BCUT2D eigenvalue weighted by molar-refractivity contribution is 0.0547. The van der Waals surface area contributed by atoms with Crippen molar-refractivity contribution in [3.63, 3.8) is 0 Å². The molecule has 1 aromatic rings. The number of rotatable bonds is 5. The summed E-state index contributed by atoms with van der Waals surface area (Å²) >= 11 is 5.70. The number of nitrogens with zero attached hydrogens (tertiary/aromatic N) is 2. The number of hydrogen-bond acceptors (Lipinski definition) is 3. The van der Waals surface area contributed by atoms with E-state index >= 15 is 0 Å². The van der Waals surface area contributed by atoms with E-state index in [0.717, 1.165) is 19.3 Å². The molecule has 0 spiro atoms. The third kappa shape index (κ3) is 2.63. The Labute approximate surface area is 106 Å². The van der Waals surface area contributed by atoms with E-state index in [1.165, 1.54) is 12.8 Å². The minimum atomic E-state index is -0.0465. The van der Waals surface area contributed by atoms with Crippen molar-refractivity contribution in [2.75, 3.05) is 12.4 Å². The van der Waals surface area contributed by atoms with Gasteiger partial charge in [-0.1, -0.05) is 0 Å². The number of oxazole rings is 1. The Balaban J connectivity index is 2.09. The molecule has 0 N–H and O–H groups in total. The molecule has 1 saturated carbocycles. The van der Waals surface area contributed by atoms with Crippen LogP contribution in [0, 0.1) is 6.92 Å². The minimum absolute atomic E-state index is 0.0465. The van der Waals surface area contributed by atoms with E-state index in [-0.39, 0.29) is 5.91 Å². The molecule has 0 aromatic carbocycles. The number of amides is 1. The van der Waals surface area contributed by atoms with Crippen LogP contribution in [0.5, 0.6) is 0 Å². The first-order valence-electron chi connectivity index (χ1n) is 6.01. The van der Waals surface area contributed by atoms with Crippen LogP contribution in [-0.4, -0.2) is 34.3 Å². The largest absolute Gasteiger partial charge is 0.438 e. The highest BCUT2D eigenvalue weighted by molar-refractivity contribution is 6.17. The molecule has 5 heteroatoms. The maximum Gasteiger partial charge on any atom is 0.291 e. The summed E-state index contributed by atoms with van der Waals surface area (Å²) in [6.45, 7) is 2.49. The van der Waals surface area contributed by atoms with Gasteiger partial charge < -0.3 is 9.32 Å². The highest BCUT2D eigenvalue weighted by Gasteiger charge is 2.31. The van der Waals surface area contributed by atoms with Gasteiger partial charge in [0.1, 0.15) is 0 Å². The van der Waals surface area contributed by atoms with Crippen LogP contribution in [0.1, 0.15) is 41.9 Å². The zero-order chi connectivity index (χ0) is 12.3. The summed E-state index contributed by atoms with van der Waals surface area (Å²) in [5.41, 5.74) is 0.658. The molecule has 0 bridgehead atoms. The van der Waals surface area contributed by atoms with Crippen molar-refractivity contribution in [3.8, 4) is 0 Å². The maximum atomic E-state index is 12.3. The first kappa shape index (κ1) is 12.4. The molecule has 1 aromatic heterocycles. The predicted molar refractivity (Wildman–Crippen MR) is 65.3 cm³/mol. The molecule has 0 radical (unpaired) electrons. The van der Waals surface area contributed by atoms with E-state index in [1.807, 2.05) is 4.90 Å². The fraction of sp³-hybridized carbons (Fsp3) is 0.667. The van der Waals surface area contributed by atoms with E-state index < -0.39 is 0 Å². The lowest BCUT2D eigenvalue weighted by atomic mass is 9.91. The predicted octanol–water partition coefficient (Wildman–Crippen LogP) is 2.61.